The van der Waals surface area contributed by atoms with Gasteiger partial charge >= 0.3 is 126 Å². The molecule has 0 aliphatic heterocycles. The van der Waals surface area contributed by atoms with E-state index >= 15 is 0 Å². The monoisotopic (exact) mass is 906 g/mol. The van der Waals surface area contributed by atoms with Crippen molar-refractivity contribution in [2.24, 2.45) is 0 Å². The van der Waals surface area contributed by atoms with Crippen molar-refractivity contribution < 1.29 is 111 Å². The average molecular weight is 906 g/mol. The first-order chi connectivity index (χ1) is 7.41. The standard InChI is InChI=1S/2H3O4P.6O.2S.3W/c2*1-5(2,3)4;;;;;;;;;;;/h2*(H3,1,2,3,4);;;;;;;;;;;/q;;;;;;2*-1;2*-2;2*+1;+6/p-2. The second kappa shape index (κ2) is 12.5. The van der Waals surface area contributed by atoms with Gasteiger partial charge in [-0.2, -0.15) is 0 Å². The minimum atomic E-state index is -6.44. The van der Waals surface area contributed by atoms with Gasteiger partial charge in [-0.15, -0.1) is 0 Å². The van der Waals surface area contributed by atoms with Crippen molar-refractivity contribution in [3.8, 4) is 0 Å². The molecule has 128 valence electrons. The molecule has 0 rings (SSSR count). The third-order valence-corrected chi connectivity index (χ3v) is 9.25. The molecular weight excluding hydrogens is 902 g/mol. The van der Waals surface area contributed by atoms with E-state index in [1.807, 2.05) is 0 Å². The smallest absolute Gasteiger partial charge is 2.00 e. The maximum atomic E-state index is 9.57. The quantitative estimate of drug-likeness (QED) is 0.198. The average Bonchev–Trinajstić information content (AvgIpc) is 1.64. The second-order valence-electron chi connectivity index (χ2n) is 1.95. The molecule has 0 unspecified atom stereocenters. The first kappa shape index (κ1) is 34.4. The summed E-state index contributed by atoms with van der Waals surface area (Å²) in [5.41, 5.74) is 0. The van der Waals surface area contributed by atoms with Crippen LogP contribution in [0.15, 0.2) is 0 Å². The summed E-state index contributed by atoms with van der Waals surface area (Å²) < 4.78 is 81.8. The van der Waals surface area contributed by atoms with Crippen LogP contribution in [0.4, 0.5) is 0 Å². The van der Waals surface area contributed by atoms with Crippen molar-refractivity contribution in [2.45, 2.75) is 0 Å². The molecule has 0 saturated carbocycles. The Hall–Kier alpha value is 2.10. The molecule has 0 fully saturated rings. The van der Waals surface area contributed by atoms with E-state index in [-0.39, 0.29) is 48.1 Å². The van der Waals surface area contributed by atoms with Crippen LogP contribution in [0, 0.1) is 0 Å². The summed E-state index contributed by atoms with van der Waals surface area (Å²) in [6.07, 6.45) is 0. The van der Waals surface area contributed by atoms with Crippen LogP contribution in [-0.4, -0.2) is 19.6 Å². The van der Waals surface area contributed by atoms with E-state index in [0.717, 1.165) is 0 Å². The van der Waals surface area contributed by atoms with Gasteiger partial charge in [0.1, 0.15) is 0 Å². The molecule has 0 atom stereocenters. The van der Waals surface area contributed by atoms with Gasteiger partial charge in [-0.1, -0.05) is 0 Å². The van der Waals surface area contributed by atoms with Gasteiger partial charge in [-0.3, -0.25) is 0 Å². The Morgan fingerprint density at radius 3 is 0.857 bits per heavy atom. The molecule has 0 amide bonds. The van der Waals surface area contributed by atoms with Crippen LogP contribution in [0.1, 0.15) is 0 Å². The van der Waals surface area contributed by atoms with Crippen LogP contribution in [0.5, 0.6) is 0 Å². The Labute approximate surface area is 152 Å². The van der Waals surface area contributed by atoms with Gasteiger partial charge in [-0.25, -0.2) is 0 Å². The molecule has 21 heavy (non-hydrogen) atoms. The van der Waals surface area contributed by atoms with Crippen LogP contribution in [-0.2, 0) is 111 Å². The van der Waals surface area contributed by atoms with E-state index in [0.29, 0.717) is 0 Å². The third-order valence-electron chi connectivity index (χ3n) is 0.377. The van der Waals surface area contributed by atoms with E-state index in [1.54, 1.807) is 0 Å². The second-order valence-corrected chi connectivity index (χ2v) is 13.3. The molecule has 0 bridgehead atoms. The van der Waals surface area contributed by atoms with Crippen LogP contribution >= 0.6 is 15.6 Å². The Morgan fingerprint density at radius 1 is 0.714 bits per heavy atom. The predicted octanol–water partition coefficient (Wildman–Crippen LogP) is -3.75. The van der Waals surface area contributed by atoms with Crippen molar-refractivity contribution >= 4 is 42.6 Å². The van der Waals surface area contributed by atoms with Gasteiger partial charge < -0.3 is 27.0 Å². The topological polar surface area (TPSA) is 248 Å². The zero-order valence-electron chi connectivity index (χ0n) is 8.81. The molecular formula is H4O14P2S2W3. The van der Waals surface area contributed by atoms with Gasteiger partial charge in [0.05, 0.1) is 0 Å². The number of rotatable bonds is 4. The van der Waals surface area contributed by atoms with Gasteiger partial charge in [0.15, 0.2) is 0 Å². The molecule has 0 aromatic rings. The van der Waals surface area contributed by atoms with Gasteiger partial charge in [0.2, 0.25) is 0 Å². The minimum absolute atomic E-state index is 0. The molecule has 0 spiro atoms. The van der Waals surface area contributed by atoms with Gasteiger partial charge in [0.25, 0.3) is 0 Å². The summed E-state index contributed by atoms with van der Waals surface area (Å²) in [5.74, 6) is 0. The first-order valence-corrected chi connectivity index (χ1v) is 15.5. The summed E-state index contributed by atoms with van der Waals surface area (Å²) in [4.78, 5) is 30.8. The fourth-order valence-electron chi connectivity index (χ4n) is 0.238. The molecule has 0 aromatic carbocycles. The van der Waals surface area contributed by atoms with Crippen LogP contribution in [0.25, 0.3) is 0 Å². The first-order valence-electron chi connectivity index (χ1n) is 2.86. The molecule has 0 radical (unpaired) electrons. The Balaban J connectivity index is -0.0000000711. The van der Waals surface area contributed by atoms with Crippen molar-refractivity contribution in [2.75, 3.05) is 0 Å². The molecule has 0 saturated heterocycles. The fraction of sp³-hybridized carbons (Fsp3) is 0. The van der Waals surface area contributed by atoms with Crippen LogP contribution in [0.3, 0.4) is 0 Å². The van der Waals surface area contributed by atoms with E-state index in [4.69, 9.17) is 19.6 Å². The number of hydrogen-bond donors (Lipinski definition) is 4. The molecule has 0 aliphatic carbocycles. The molecule has 0 heterocycles. The normalized spacial score (nSPS) is 11.7. The van der Waals surface area contributed by atoms with E-state index < -0.39 is 49.1 Å². The van der Waals surface area contributed by atoms with E-state index in [2.05, 4.69) is 6.35 Å². The SMILES string of the molecule is O=P(O)(O)[O][W](=[O])(=[O])[O-].O=P(O)(O)[O][W](=[O])(=[O])[O-].[S-2].[S-2].[W+6]. The molecule has 0 aliphatic rings. The van der Waals surface area contributed by atoms with E-state index in [9.17, 15) is 30.2 Å². The summed E-state index contributed by atoms with van der Waals surface area (Å²) in [5, 5.41) is 0. The van der Waals surface area contributed by atoms with Crippen LogP contribution < -0.4 is 7.52 Å². The fourth-order valence-corrected chi connectivity index (χ4v) is 5.84. The zero-order chi connectivity index (χ0) is 15.4. The maximum Gasteiger partial charge on any atom is 6.00 e. The van der Waals surface area contributed by atoms with Crippen molar-refractivity contribution in [3.05, 3.63) is 0 Å². The Morgan fingerprint density at radius 2 is 0.857 bits per heavy atom. The molecule has 0 aromatic heterocycles. The summed E-state index contributed by atoms with van der Waals surface area (Å²) >= 11 is -12.9. The molecule has 4 N–H and O–H groups in total. The number of phosphoric acid groups is 2. The Bertz CT molecular complexity index is 495. The van der Waals surface area contributed by atoms with Crippen molar-refractivity contribution in [1.29, 1.82) is 0 Å². The summed E-state index contributed by atoms with van der Waals surface area (Å²) in [6.45, 7) is 0. The predicted molar refractivity (Wildman–Crippen MR) is 43.7 cm³/mol. The summed E-state index contributed by atoms with van der Waals surface area (Å²) in [7, 11) is -10.3. The van der Waals surface area contributed by atoms with Gasteiger partial charge in [-0.05, 0) is 0 Å². The summed E-state index contributed by atoms with van der Waals surface area (Å²) in [6, 6.07) is 0. The Kier molecular flexibility index (Phi) is 20.4. The minimum Gasteiger partial charge on any atom is -2.00 e. The third kappa shape index (κ3) is 44.9. The van der Waals surface area contributed by atoms with Gasteiger partial charge in [0, 0.05) is 0 Å². The molecule has 21 heteroatoms. The largest absolute Gasteiger partial charge is 6.00 e. The maximum absolute atomic E-state index is 9.57. The zero-order valence-corrected chi connectivity index (χ0v) is 21.0. The van der Waals surface area contributed by atoms with E-state index in [1.165, 1.54) is 0 Å². The van der Waals surface area contributed by atoms with Crippen molar-refractivity contribution in [3.63, 3.8) is 0 Å². The molecule has 14 nitrogen and oxygen atoms in total. The number of hydrogen-bond acceptors (Lipinski definition) is 10. The van der Waals surface area contributed by atoms with Crippen molar-refractivity contribution in [1.82, 2.24) is 0 Å². The van der Waals surface area contributed by atoms with Crippen LogP contribution in [0.2, 0.25) is 0 Å².